The van der Waals surface area contributed by atoms with Crippen LogP contribution in [0.2, 0.25) is 0 Å². The van der Waals surface area contributed by atoms with Crippen molar-refractivity contribution in [3.05, 3.63) is 59.5 Å². The van der Waals surface area contributed by atoms with Gasteiger partial charge in [-0.25, -0.2) is 8.42 Å². The van der Waals surface area contributed by atoms with E-state index in [-0.39, 0.29) is 17.6 Å². The van der Waals surface area contributed by atoms with Gasteiger partial charge in [-0.05, 0) is 56.2 Å². The van der Waals surface area contributed by atoms with E-state index in [0.717, 1.165) is 12.8 Å². The molecule has 1 fully saturated rings. The molecule has 0 atom stereocenters. The van der Waals surface area contributed by atoms with Gasteiger partial charge in [0.25, 0.3) is 15.9 Å². The average Bonchev–Trinajstić information content (AvgIpc) is 3.49. The number of amides is 1. The Morgan fingerprint density at radius 3 is 2.57 bits per heavy atom. The predicted molar refractivity (Wildman–Crippen MR) is 107 cm³/mol. The molecule has 1 amide bonds. The normalized spacial score (nSPS) is 14.7. The average molecular weight is 431 g/mol. The van der Waals surface area contributed by atoms with Crippen molar-refractivity contribution in [3.63, 3.8) is 0 Å². The van der Waals surface area contributed by atoms with Gasteiger partial charge in [0.05, 0.1) is 0 Å². The highest BCUT2D eigenvalue weighted by molar-refractivity contribution is 7.89. The molecule has 0 unspecified atom stereocenters. The van der Waals surface area contributed by atoms with Gasteiger partial charge in [0.15, 0.2) is 5.82 Å². The van der Waals surface area contributed by atoms with Crippen molar-refractivity contribution in [2.24, 2.45) is 0 Å². The van der Waals surface area contributed by atoms with E-state index < -0.39 is 10.0 Å². The molecule has 0 bridgehead atoms. The molecule has 3 heterocycles. The summed E-state index contributed by atoms with van der Waals surface area (Å²) in [7, 11) is -3.59. The number of aromatic nitrogens is 1. The van der Waals surface area contributed by atoms with Crippen LogP contribution in [-0.4, -0.2) is 36.9 Å². The minimum absolute atomic E-state index is 0.0687. The molecule has 1 N–H and O–H groups in total. The van der Waals surface area contributed by atoms with E-state index in [2.05, 4.69) is 10.5 Å². The molecule has 0 saturated carbocycles. The number of nitrogens with zero attached hydrogens (tertiary/aromatic N) is 2. The van der Waals surface area contributed by atoms with Gasteiger partial charge in [-0.15, -0.1) is 0 Å². The number of furan rings is 1. The SMILES string of the molecule is Cc1cc(NC(=O)c2ccc(OCc3ccc(S(=O)(=O)N4CCCC4)o3)cc2)no1. The zero-order valence-electron chi connectivity index (χ0n) is 16.3. The van der Waals surface area contributed by atoms with Gasteiger partial charge in [0, 0.05) is 24.7 Å². The van der Waals surface area contributed by atoms with Crippen molar-refractivity contribution < 1.29 is 26.9 Å². The molecule has 0 aliphatic carbocycles. The summed E-state index contributed by atoms with van der Waals surface area (Å²) in [4.78, 5) is 12.2. The predicted octanol–water partition coefficient (Wildman–Crippen LogP) is 3.19. The van der Waals surface area contributed by atoms with Crippen molar-refractivity contribution >= 4 is 21.7 Å². The maximum atomic E-state index is 12.5. The number of ether oxygens (including phenoxy) is 1. The monoisotopic (exact) mass is 431 g/mol. The highest BCUT2D eigenvalue weighted by Gasteiger charge is 2.29. The Bertz CT molecular complexity index is 1130. The van der Waals surface area contributed by atoms with Crippen molar-refractivity contribution in [2.45, 2.75) is 31.5 Å². The number of carbonyl (C=O) groups excluding carboxylic acids is 1. The molecular weight excluding hydrogens is 410 g/mol. The first kappa shape index (κ1) is 20.2. The second kappa shape index (κ2) is 8.33. The van der Waals surface area contributed by atoms with Crippen LogP contribution in [0.15, 0.2) is 56.5 Å². The van der Waals surface area contributed by atoms with Crippen molar-refractivity contribution in [3.8, 4) is 5.75 Å². The summed E-state index contributed by atoms with van der Waals surface area (Å²) in [6.45, 7) is 2.84. The number of sulfonamides is 1. The van der Waals surface area contributed by atoms with E-state index in [0.29, 0.717) is 41.7 Å². The molecule has 4 rings (SSSR count). The lowest BCUT2D eigenvalue weighted by Crippen LogP contribution is -2.27. The third-order valence-electron chi connectivity index (χ3n) is 4.66. The molecule has 1 aliphatic heterocycles. The minimum Gasteiger partial charge on any atom is -0.486 e. The summed E-state index contributed by atoms with van der Waals surface area (Å²) >= 11 is 0. The maximum Gasteiger partial charge on any atom is 0.276 e. The van der Waals surface area contributed by atoms with Crippen LogP contribution in [-0.2, 0) is 16.6 Å². The lowest BCUT2D eigenvalue weighted by atomic mass is 10.2. The molecule has 1 aromatic carbocycles. The van der Waals surface area contributed by atoms with E-state index in [1.807, 2.05) is 0 Å². The fourth-order valence-corrected chi connectivity index (χ4v) is 4.55. The van der Waals surface area contributed by atoms with E-state index >= 15 is 0 Å². The quantitative estimate of drug-likeness (QED) is 0.611. The number of carbonyl (C=O) groups is 1. The Morgan fingerprint density at radius 1 is 1.17 bits per heavy atom. The number of anilines is 1. The molecule has 3 aromatic rings. The van der Waals surface area contributed by atoms with E-state index in [1.54, 1.807) is 43.3 Å². The number of hydrogen-bond donors (Lipinski definition) is 1. The smallest absolute Gasteiger partial charge is 0.276 e. The zero-order chi connectivity index (χ0) is 21.1. The first-order valence-electron chi connectivity index (χ1n) is 9.48. The molecule has 2 aromatic heterocycles. The van der Waals surface area contributed by atoms with Gasteiger partial charge in [-0.1, -0.05) is 5.16 Å². The fraction of sp³-hybridized carbons (Fsp3) is 0.300. The van der Waals surface area contributed by atoms with Crippen LogP contribution >= 0.6 is 0 Å². The van der Waals surface area contributed by atoms with Crippen LogP contribution < -0.4 is 10.1 Å². The van der Waals surface area contributed by atoms with Gasteiger partial charge in [0.1, 0.15) is 23.9 Å². The lowest BCUT2D eigenvalue weighted by Gasteiger charge is -2.12. The van der Waals surface area contributed by atoms with E-state index in [4.69, 9.17) is 13.7 Å². The van der Waals surface area contributed by atoms with E-state index in [1.165, 1.54) is 10.4 Å². The van der Waals surface area contributed by atoms with Gasteiger partial charge in [-0.2, -0.15) is 4.31 Å². The van der Waals surface area contributed by atoms with Crippen LogP contribution in [0.3, 0.4) is 0 Å². The molecule has 9 nitrogen and oxygen atoms in total. The molecule has 30 heavy (non-hydrogen) atoms. The van der Waals surface area contributed by atoms with Gasteiger partial charge < -0.3 is 19.0 Å². The summed E-state index contributed by atoms with van der Waals surface area (Å²) in [6.07, 6.45) is 1.73. The topological polar surface area (TPSA) is 115 Å². The zero-order valence-corrected chi connectivity index (χ0v) is 17.1. The van der Waals surface area contributed by atoms with Crippen LogP contribution in [0.1, 0.15) is 34.7 Å². The van der Waals surface area contributed by atoms with Gasteiger partial charge >= 0.3 is 0 Å². The first-order chi connectivity index (χ1) is 14.4. The largest absolute Gasteiger partial charge is 0.486 e. The third-order valence-corrected chi connectivity index (χ3v) is 6.44. The Labute approximate surface area is 173 Å². The van der Waals surface area contributed by atoms with E-state index in [9.17, 15) is 13.2 Å². The molecule has 158 valence electrons. The van der Waals surface area contributed by atoms with Crippen molar-refractivity contribution in [2.75, 3.05) is 18.4 Å². The molecule has 0 spiro atoms. The second-order valence-corrected chi connectivity index (χ2v) is 8.79. The molecule has 10 heteroatoms. The van der Waals surface area contributed by atoms with Gasteiger partial charge in [-0.3, -0.25) is 4.79 Å². The van der Waals surface area contributed by atoms with Crippen LogP contribution in [0, 0.1) is 6.92 Å². The number of hydrogen-bond acceptors (Lipinski definition) is 7. The van der Waals surface area contributed by atoms with Gasteiger partial charge in [0.2, 0.25) is 5.09 Å². The minimum atomic E-state index is -3.59. The van der Waals surface area contributed by atoms with Crippen molar-refractivity contribution in [1.29, 1.82) is 0 Å². The first-order valence-corrected chi connectivity index (χ1v) is 10.9. The van der Waals surface area contributed by atoms with Crippen LogP contribution in [0.4, 0.5) is 5.82 Å². The second-order valence-electron chi connectivity index (χ2n) is 6.92. The summed E-state index contributed by atoms with van der Waals surface area (Å²) in [6, 6.07) is 11.2. The fourth-order valence-electron chi connectivity index (χ4n) is 3.10. The Morgan fingerprint density at radius 2 is 1.90 bits per heavy atom. The number of benzene rings is 1. The Hall–Kier alpha value is -3.11. The summed E-state index contributed by atoms with van der Waals surface area (Å²) in [5, 5.41) is 6.28. The lowest BCUT2D eigenvalue weighted by molar-refractivity contribution is 0.102. The van der Waals surface area contributed by atoms with Crippen LogP contribution in [0.25, 0.3) is 0 Å². The summed E-state index contributed by atoms with van der Waals surface area (Å²) < 4.78 is 42.5. The third kappa shape index (κ3) is 4.39. The molecule has 0 radical (unpaired) electrons. The number of nitrogens with one attached hydrogen (secondary N) is 1. The Kier molecular flexibility index (Phi) is 5.60. The molecule has 1 saturated heterocycles. The standard InChI is InChI=1S/C20H21N3O6S/c1-14-12-18(22-29-14)21-20(24)15-4-6-16(7-5-15)27-13-17-8-9-19(28-17)30(25,26)23-10-2-3-11-23/h4-9,12H,2-3,10-11,13H2,1H3,(H,21,22,24). The highest BCUT2D eigenvalue weighted by Crippen LogP contribution is 2.23. The number of rotatable bonds is 7. The molecule has 1 aliphatic rings. The van der Waals surface area contributed by atoms with Crippen LogP contribution in [0.5, 0.6) is 5.75 Å². The number of aryl methyl sites for hydroxylation is 1. The maximum absolute atomic E-state index is 12.5. The summed E-state index contributed by atoms with van der Waals surface area (Å²) in [5.41, 5.74) is 0.431. The van der Waals surface area contributed by atoms with Crippen molar-refractivity contribution in [1.82, 2.24) is 9.46 Å². The molecular formula is C20H21N3O6S. The highest BCUT2D eigenvalue weighted by atomic mass is 32.2. The summed E-state index contributed by atoms with van der Waals surface area (Å²) in [5.74, 6) is 1.54. The Balaban J connectivity index is 1.34.